The summed E-state index contributed by atoms with van der Waals surface area (Å²) in [6.45, 7) is 0.515. The van der Waals surface area contributed by atoms with E-state index in [0.29, 0.717) is 23.0 Å². The van der Waals surface area contributed by atoms with Gasteiger partial charge in [-0.05, 0) is 68.0 Å². The molecule has 5 nitrogen and oxygen atoms in total. The third-order valence-corrected chi connectivity index (χ3v) is 5.67. The van der Waals surface area contributed by atoms with Gasteiger partial charge in [0.05, 0.1) is 5.69 Å². The molecule has 31 heavy (non-hydrogen) atoms. The molecule has 4 rings (SSSR count). The van der Waals surface area contributed by atoms with E-state index in [9.17, 15) is 9.59 Å². The fraction of sp³-hybridized carbons (Fsp3) is 0.280. The van der Waals surface area contributed by atoms with Crippen molar-refractivity contribution >= 4 is 35.2 Å². The second-order valence-corrected chi connectivity index (χ2v) is 8.17. The topological polar surface area (TPSA) is 58.6 Å². The number of hydrogen-bond donors (Lipinski definition) is 1. The van der Waals surface area contributed by atoms with Crippen molar-refractivity contribution < 1.29 is 14.3 Å². The van der Waals surface area contributed by atoms with Crippen LogP contribution in [0.4, 0.5) is 5.69 Å². The number of carbonyl (C=O) groups is 2. The molecule has 2 amide bonds. The van der Waals surface area contributed by atoms with Crippen LogP contribution in [0, 0.1) is 0 Å². The molecular formula is C25H25ClN2O3. The Morgan fingerprint density at radius 1 is 1.16 bits per heavy atom. The maximum atomic E-state index is 13.1. The number of amides is 2. The smallest absolute Gasteiger partial charge is 0.294 e. The van der Waals surface area contributed by atoms with Crippen LogP contribution in [0.25, 0.3) is 6.08 Å². The number of nitrogens with zero attached hydrogens (tertiary/aromatic N) is 1. The number of nitrogens with one attached hydrogen (secondary N) is 1. The van der Waals surface area contributed by atoms with Crippen LogP contribution >= 0.6 is 11.6 Å². The number of ether oxygens (including phenoxy) is 1. The SMILES string of the molecule is O=C(CN1C(=O)C(=Cc2cccc(Cl)c2)Oc2ccccc21)NCCC1=CCCCC1. The first kappa shape index (κ1) is 21.2. The Morgan fingerprint density at radius 2 is 2.03 bits per heavy atom. The highest BCUT2D eigenvalue weighted by Crippen LogP contribution is 2.35. The van der Waals surface area contributed by atoms with Gasteiger partial charge in [-0.1, -0.05) is 47.5 Å². The molecule has 0 saturated heterocycles. The van der Waals surface area contributed by atoms with Crippen molar-refractivity contribution in [2.45, 2.75) is 32.1 Å². The maximum Gasteiger partial charge on any atom is 0.294 e. The minimum absolute atomic E-state index is 0.0643. The van der Waals surface area contributed by atoms with Crippen LogP contribution in [0.3, 0.4) is 0 Å². The normalized spacial score (nSPS) is 17.1. The van der Waals surface area contributed by atoms with Gasteiger partial charge in [0.25, 0.3) is 5.91 Å². The predicted molar refractivity (Wildman–Crippen MR) is 123 cm³/mol. The summed E-state index contributed by atoms with van der Waals surface area (Å²) in [5, 5.41) is 3.52. The van der Waals surface area contributed by atoms with Gasteiger partial charge < -0.3 is 10.1 Å². The second-order valence-electron chi connectivity index (χ2n) is 7.73. The molecule has 0 spiro atoms. The third kappa shape index (κ3) is 5.36. The fourth-order valence-electron chi connectivity index (χ4n) is 3.86. The highest BCUT2D eigenvalue weighted by molar-refractivity contribution is 6.30. The number of hydrogen-bond acceptors (Lipinski definition) is 3. The van der Waals surface area contributed by atoms with Gasteiger partial charge in [0.15, 0.2) is 11.5 Å². The molecule has 0 radical (unpaired) electrons. The Kier molecular flexibility index (Phi) is 6.73. The van der Waals surface area contributed by atoms with E-state index in [4.69, 9.17) is 16.3 Å². The Hall–Kier alpha value is -3.05. The molecule has 0 atom stereocenters. The number of fused-ring (bicyclic) bond motifs is 1. The molecule has 0 bridgehead atoms. The van der Waals surface area contributed by atoms with Gasteiger partial charge in [-0.15, -0.1) is 0 Å². The number of benzene rings is 2. The summed E-state index contributed by atoms with van der Waals surface area (Å²) in [7, 11) is 0. The first-order chi connectivity index (χ1) is 15.1. The predicted octanol–water partition coefficient (Wildman–Crippen LogP) is 5.11. The van der Waals surface area contributed by atoms with Crippen LogP contribution in [-0.2, 0) is 9.59 Å². The summed E-state index contributed by atoms with van der Waals surface area (Å²) >= 11 is 6.06. The first-order valence-electron chi connectivity index (χ1n) is 10.6. The Labute approximate surface area is 187 Å². The summed E-state index contributed by atoms with van der Waals surface area (Å²) < 4.78 is 5.85. The minimum Gasteiger partial charge on any atom is -0.449 e. The van der Waals surface area contributed by atoms with Crippen LogP contribution < -0.4 is 15.0 Å². The summed E-state index contributed by atoms with van der Waals surface area (Å²) in [6, 6.07) is 14.4. The lowest BCUT2D eigenvalue weighted by Gasteiger charge is -2.30. The van der Waals surface area contributed by atoms with E-state index < -0.39 is 0 Å². The van der Waals surface area contributed by atoms with E-state index in [-0.39, 0.29) is 24.1 Å². The standard InChI is InChI=1S/C25H25ClN2O3/c26-20-10-6-9-19(15-20)16-23-25(30)28(21-11-4-5-12-22(21)31-23)17-24(29)27-14-13-18-7-2-1-3-8-18/h4-7,9-12,15-16H,1-3,8,13-14,17H2,(H,27,29). The lowest BCUT2D eigenvalue weighted by Crippen LogP contribution is -2.44. The minimum atomic E-state index is -0.358. The highest BCUT2D eigenvalue weighted by atomic mass is 35.5. The fourth-order valence-corrected chi connectivity index (χ4v) is 4.06. The second kappa shape index (κ2) is 9.84. The van der Waals surface area contributed by atoms with Crippen molar-refractivity contribution in [3.8, 4) is 5.75 Å². The van der Waals surface area contributed by atoms with Crippen LogP contribution in [0.15, 0.2) is 65.9 Å². The first-order valence-corrected chi connectivity index (χ1v) is 11.0. The number of halogens is 1. The Bertz CT molecular complexity index is 1040. The molecule has 0 saturated carbocycles. The summed E-state index contributed by atoms with van der Waals surface area (Å²) in [4.78, 5) is 27.2. The zero-order valence-corrected chi connectivity index (χ0v) is 18.0. The molecular weight excluding hydrogens is 412 g/mol. The molecule has 0 unspecified atom stereocenters. The van der Waals surface area contributed by atoms with Crippen molar-refractivity contribution in [1.29, 1.82) is 0 Å². The zero-order chi connectivity index (χ0) is 21.6. The summed E-state index contributed by atoms with van der Waals surface area (Å²) in [6.07, 6.45) is 9.50. The van der Waals surface area contributed by atoms with Gasteiger partial charge >= 0.3 is 0 Å². The number of rotatable bonds is 6. The molecule has 1 heterocycles. The lowest BCUT2D eigenvalue weighted by molar-refractivity contribution is -0.123. The van der Waals surface area contributed by atoms with Crippen LogP contribution in [0.1, 0.15) is 37.7 Å². The van der Waals surface area contributed by atoms with E-state index in [1.54, 1.807) is 30.3 Å². The molecule has 0 fully saturated rings. The number of para-hydroxylation sites is 2. The van der Waals surface area contributed by atoms with Gasteiger partial charge in [-0.2, -0.15) is 0 Å². The molecule has 1 aliphatic carbocycles. The van der Waals surface area contributed by atoms with Crippen LogP contribution in [0.5, 0.6) is 5.75 Å². The van der Waals surface area contributed by atoms with Gasteiger partial charge in [0.2, 0.25) is 5.91 Å². The van der Waals surface area contributed by atoms with E-state index in [1.807, 2.05) is 24.3 Å². The van der Waals surface area contributed by atoms with E-state index >= 15 is 0 Å². The molecule has 2 aliphatic rings. The maximum absolute atomic E-state index is 13.1. The lowest BCUT2D eigenvalue weighted by atomic mass is 9.97. The van der Waals surface area contributed by atoms with Crippen LogP contribution in [0.2, 0.25) is 5.02 Å². The molecule has 6 heteroatoms. The zero-order valence-electron chi connectivity index (χ0n) is 17.3. The molecule has 1 aliphatic heterocycles. The molecule has 160 valence electrons. The summed E-state index contributed by atoms with van der Waals surface area (Å²) in [5.41, 5.74) is 2.74. The average molecular weight is 437 g/mol. The average Bonchev–Trinajstić information content (AvgIpc) is 2.77. The molecule has 0 aromatic heterocycles. The summed E-state index contributed by atoms with van der Waals surface area (Å²) in [5.74, 6) is 0.143. The van der Waals surface area contributed by atoms with Crippen molar-refractivity contribution in [2.24, 2.45) is 0 Å². The number of carbonyl (C=O) groups excluding carboxylic acids is 2. The highest BCUT2D eigenvalue weighted by Gasteiger charge is 2.31. The quantitative estimate of drug-likeness (QED) is 0.505. The van der Waals surface area contributed by atoms with Gasteiger partial charge in [0, 0.05) is 11.6 Å². The van der Waals surface area contributed by atoms with Gasteiger partial charge in [-0.25, -0.2) is 0 Å². The van der Waals surface area contributed by atoms with E-state index in [1.165, 1.54) is 23.3 Å². The van der Waals surface area contributed by atoms with Crippen molar-refractivity contribution in [3.63, 3.8) is 0 Å². The molecule has 1 N–H and O–H groups in total. The number of anilines is 1. The molecule has 2 aromatic rings. The van der Waals surface area contributed by atoms with Gasteiger partial charge in [-0.3, -0.25) is 14.5 Å². The Morgan fingerprint density at radius 3 is 2.84 bits per heavy atom. The van der Waals surface area contributed by atoms with E-state index in [2.05, 4.69) is 11.4 Å². The van der Waals surface area contributed by atoms with Gasteiger partial charge in [0.1, 0.15) is 6.54 Å². The van der Waals surface area contributed by atoms with Crippen LogP contribution in [-0.4, -0.2) is 24.9 Å². The van der Waals surface area contributed by atoms with E-state index in [0.717, 1.165) is 24.8 Å². The van der Waals surface area contributed by atoms with Crippen molar-refractivity contribution in [1.82, 2.24) is 5.32 Å². The van der Waals surface area contributed by atoms with Crippen molar-refractivity contribution in [2.75, 3.05) is 18.0 Å². The third-order valence-electron chi connectivity index (χ3n) is 5.43. The largest absolute Gasteiger partial charge is 0.449 e. The Balaban J connectivity index is 1.48. The monoisotopic (exact) mass is 436 g/mol. The van der Waals surface area contributed by atoms with Crippen molar-refractivity contribution in [3.05, 3.63) is 76.5 Å². The molecule has 2 aromatic carbocycles. The number of allylic oxidation sites excluding steroid dienone is 1.